The second-order valence-electron chi connectivity index (χ2n) is 21.8. The largest absolute Gasteiger partial charge is 0.468 e. The van der Waals surface area contributed by atoms with E-state index in [1.807, 2.05) is 25.7 Å². The summed E-state index contributed by atoms with van der Waals surface area (Å²) in [5.74, 6) is 2.77. The molecule has 1 amide bonds. The smallest absolute Gasteiger partial charge is 0.410 e. The molecule has 2 aromatic carbocycles. The van der Waals surface area contributed by atoms with Gasteiger partial charge in [0.05, 0.1) is 40.3 Å². The molecular formula is C52H67F3N6O5Si. The molecule has 5 aliphatic rings. The van der Waals surface area contributed by atoms with Gasteiger partial charge in [-0.1, -0.05) is 60.5 Å². The molecule has 0 N–H and O–H groups in total. The van der Waals surface area contributed by atoms with Crippen LogP contribution in [0.15, 0.2) is 24.3 Å². The summed E-state index contributed by atoms with van der Waals surface area (Å²) in [6, 6.07) is 5.98. The second-order valence-corrected chi connectivity index (χ2v) is 27.4. The van der Waals surface area contributed by atoms with Crippen LogP contribution in [0, 0.1) is 23.1 Å². The summed E-state index contributed by atoms with van der Waals surface area (Å²) >= 11 is 0. The van der Waals surface area contributed by atoms with Gasteiger partial charge in [0, 0.05) is 43.5 Å². The molecule has 0 saturated carbocycles. The third-order valence-electron chi connectivity index (χ3n) is 15.6. The molecule has 9 rings (SSSR count). The molecule has 2 bridgehead atoms. The summed E-state index contributed by atoms with van der Waals surface area (Å²) in [5, 5.41) is 1.50. The SMILES string of the molecule is COCOc1cc(-c2nc3c4c(nc(OC[C@@]56CCCN5C[C@H](F)C6)nc4c2F)N2C[C@H]4CC[C@@H]([C@@H]2C[C@@H]3C)N4C(=O)OC(C)(C)C)c2c(C#C[Si](C(C)C)(C(C)C)C(C)C)c(F)ccc2c1. The van der Waals surface area contributed by atoms with Crippen LogP contribution in [0.25, 0.3) is 32.9 Å². The number of amides is 1. The molecule has 0 unspecified atom stereocenters. The van der Waals surface area contributed by atoms with Crippen molar-refractivity contribution < 1.29 is 36.9 Å². The number of rotatable bonds is 10. The Morgan fingerprint density at radius 3 is 2.42 bits per heavy atom. The standard InChI is InChI=1S/C52H67F3N6O5Si/c1-29(2)67(30(3)4,31(5)6)20-17-37-39(54)15-13-33-22-36(65-28-63-11)23-38(42(33)37)46-44(55)47-43-45(56-46)32(7)21-41-40-16-14-35(61(40)50(62)66-51(8,9)10)26-60(41)48(43)58-49(57-47)64-27-52-18-12-19-59(52)25-34(53)24-52/h13,15,22-23,29-32,34-35,40-41H,12,14,16,18-19,21,24-28H2,1-11H3/t32-,34+,35+,40-,41-,52-/m0/s1. The Kier molecular flexibility index (Phi) is 12.5. The van der Waals surface area contributed by atoms with E-state index in [9.17, 15) is 9.18 Å². The maximum absolute atomic E-state index is 18.3. The summed E-state index contributed by atoms with van der Waals surface area (Å²) in [5.41, 5.74) is 4.49. The minimum atomic E-state index is -2.35. The zero-order chi connectivity index (χ0) is 47.9. The highest BCUT2D eigenvalue weighted by molar-refractivity contribution is 6.90. The topological polar surface area (TPSA) is 102 Å². The number of ether oxygens (including phenoxy) is 4. The Bertz CT molecular complexity index is 2630. The number of methoxy groups -OCH3 is 1. The summed E-state index contributed by atoms with van der Waals surface area (Å²) in [6.07, 6.45) is 2.88. The first-order valence-electron chi connectivity index (χ1n) is 24.4. The third-order valence-corrected chi connectivity index (χ3v) is 21.9. The fraction of sp³-hybridized carbons (Fsp3) is 0.615. The van der Waals surface area contributed by atoms with E-state index in [1.54, 1.807) is 18.2 Å². The van der Waals surface area contributed by atoms with Crippen molar-refractivity contribution in [3.63, 3.8) is 0 Å². The van der Waals surface area contributed by atoms with E-state index < -0.39 is 37.0 Å². The molecule has 4 saturated heterocycles. The minimum Gasteiger partial charge on any atom is -0.468 e. The number of pyridine rings is 1. The third kappa shape index (κ3) is 8.20. The molecule has 15 heteroatoms. The number of fused-ring (bicyclic) bond motifs is 7. The van der Waals surface area contributed by atoms with Crippen LogP contribution < -0.4 is 14.4 Å². The van der Waals surface area contributed by atoms with Crippen LogP contribution in [0.3, 0.4) is 0 Å². The molecule has 6 atom stereocenters. The van der Waals surface area contributed by atoms with Gasteiger partial charge >= 0.3 is 12.1 Å². The maximum Gasteiger partial charge on any atom is 0.410 e. The lowest BCUT2D eigenvalue weighted by molar-refractivity contribution is 0.00691. The minimum absolute atomic E-state index is 0.0137. The number of carbonyl (C=O) groups excluding carboxylic acids is 1. The first-order chi connectivity index (χ1) is 31.8. The van der Waals surface area contributed by atoms with Crippen LogP contribution in [0.2, 0.25) is 16.6 Å². The Labute approximate surface area is 394 Å². The molecule has 0 spiro atoms. The lowest BCUT2D eigenvalue weighted by Crippen LogP contribution is -2.62. The lowest BCUT2D eigenvalue weighted by atomic mass is 9.91. The number of anilines is 1. The van der Waals surface area contributed by atoms with Gasteiger partial charge in [-0.05, 0) is 99.6 Å². The van der Waals surface area contributed by atoms with Gasteiger partial charge in [0.15, 0.2) is 12.6 Å². The monoisotopic (exact) mass is 940 g/mol. The number of halogens is 3. The van der Waals surface area contributed by atoms with E-state index >= 15 is 8.78 Å². The first kappa shape index (κ1) is 47.4. The average molecular weight is 941 g/mol. The zero-order valence-corrected chi connectivity index (χ0v) is 42.1. The highest BCUT2D eigenvalue weighted by atomic mass is 28.3. The molecule has 11 nitrogen and oxygen atoms in total. The van der Waals surface area contributed by atoms with Crippen LogP contribution in [0.5, 0.6) is 11.8 Å². The van der Waals surface area contributed by atoms with E-state index in [0.717, 1.165) is 32.2 Å². The number of alkyl halides is 1. The van der Waals surface area contributed by atoms with E-state index in [-0.39, 0.29) is 66.3 Å². The van der Waals surface area contributed by atoms with Crippen LogP contribution in [-0.2, 0) is 9.47 Å². The van der Waals surface area contributed by atoms with E-state index in [0.29, 0.717) is 81.5 Å². The van der Waals surface area contributed by atoms with Crippen LogP contribution >= 0.6 is 0 Å². The van der Waals surface area contributed by atoms with Crippen molar-refractivity contribution in [3.8, 4) is 34.5 Å². The number of piperazine rings is 1. The molecule has 7 heterocycles. The van der Waals surface area contributed by atoms with Crippen LogP contribution in [0.4, 0.5) is 23.8 Å². The first-order valence-corrected chi connectivity index (χ1v) is 26.6. The van der Waals surface area contributed by atoms with Crippen molar-refractivity contribution in [1.29, 1.82) is 0 Å². The fourth-order valence-corrected chi connectivity index (χ4v) is 18.0. The molecule has 4 fully saturated rings. The number of nitrogens with zero attached hydrogens (tertiary/aromatic N) is 6. The van der Waals surface area contributed by atoms with Gasteiger partial charge in [0.1, 0.15) is 55.0 Å². The van der Waals surface area contributed by atoms with Crippen molar-refractivity contribution in [2.45, 2.75) is 166 Å². The molecule has 4 aromatic rings. The number of hydrogen-bond donors (Lipinski definition) is 0. The highest BCUT2D eigenvalue weighted by Crippen LogP contribution is 2.49. The fourth-order valence-electron chi connectivity index (χ4n) is 12.8. The summed E-state index contributed by atoms with van der Waals surface area (Å²) in [4.78, 5) is 35.5. The van der Waals surface area contributed by atoms with Gasteiger partial charge < -0.3 is 23.8 Å². The average Bonchev–Trinajstić information content (AvgIpc) is 3.88. The molecule has 0 aliphatic carbocycles. The van der Waals surface area contributed by atoms with Gasteiger partial charge in [0.2, 0.25) is 0 Å². The van der Waals surface area contributed by atoms with Crippen LogP contribution in [0.1, 0.15) is 125 Å². The Hall–Kier alpha value is -4.65. The predicted octanol–water partition coefficient (Wildman–Crippen LogP) is 11.1. The quantitative estimate of drug-likeness (QED) is 0.0867. The molecule has 67 heavy (non-hydrogen) atoms. The van der Waals surface area contributed by atoms with Crippen molar-refractivity contribution in [1.82, 2.24) is 24.8 Å². The van der Waals surface area contributed by atoms with E-state index in [4.69, 9.17) is 33.9 Å². The van der Waals surface area contributed by atoms with Crippen molar-refractivity contribution >= 4 is 41.7 Å². The van der Waals surface area contributed by atoms with Gasteiger partial charge in [0.25, 0.3) is 0 Å². The zero-order valence-electron chi connectivity index (χ0n) is 41.1. The Morgan fingerprint density at radius 2 is 1.72 bits per heavy atom. The van der Waals surface area contributed by atoms with Crippen molar-refractivity contribution in [2.75, 3.05) is 45.0 Å². The lowest BCUT2D eigenvalue weighted by Gasteiger charge is -2.47. The summed E-state index contributed by atoms with van der Waals surface area (Å²) < 4.78 is 73.8. The van der Waals surface area contributed by atoms with Crippen molar-refractivity contribution in [2.24, 2.45) is 0 Å². The number of carbonyl (C=O) groups is 1. The summed E-state index contributed by atoms with van der Waals surface area (Å²) in [7, 11) is -0.831. The molecule has 0 radical (unpaired) electrons. The maximum atomic E-state index is 18.3. The highest BCUT2D eigenvalue weighted by Gasteiger charge is 2.53. The molecule has 360 valence electrons. The van der Waals surface area contributed by atoms with Gasteiger partial charge in [-0.2, -0.15) is 9.97 Å². The number of aromatic nitrogens is 3. The molecule has 2 aromatic heterocycles. The van der Waals surface area contributed by atoms with Crippen LogP contribution in [-0.4, -0.2) is 114 Å². The molecular weight excluding hydrogens is 874 g/mol. The summed E-state index contributed by atoms with van der Waals surface area (Å²) in [6.45, 7) is 22.6. The number of hydrogen-bond acceptors (Lipinski definition) is 10. The normalized spacial score (nSPS) is 24.9. The van der Waals surface area contributed by atoms with Gasteiger partial charge in [-0.25, -0.2) is 22.9 Å². The van der Waals surface area contributed by atoms with Gasteiger partial charge in [-0.15, -0.1) is 5.54 Å². The van der Waals surface area contributed by atoms with Gasteiger partial charge in [-0.3, -0.25) is 9.80 Å². The van der Waals surface area contributed by atoms with E-state index in [1.165, 1.54) is 13.2 Å². The number of benzene rings is 2. The van der Waals surface area contributed by atoms with E-state index in [2.05, 4.69) is 69.7 Å². The molecule has 5 aliphatic heterocycles. The van der Waals surface area contributed by atoms with Crippen molar-refractivity contribution in [3.05, 3.63) is 47.2 Å². The Morgan fingerprint density at radius 1 is 0.970 bits per heavy atom. The second kappa shape index (κ2) is 17.7. The predicted molar refractivity (Wildman–Crippen MR) is 258 cm³/mol. The Balaban J connectivity index is 1.27.